The van der Waals surface area contributed by atoms with Crippen molar-refractivity contribution in [2.24, 2.45) is 0 Å². The number of hydrogen-bond donors (Lipinski definition) is 0. The van der Waals surface area contributed by atoms with Crippen molar-refractivity contribution in [1.82, 2.24) is 0 Å². The van der Waals surface area contributed by atoms with Crippen molar-refractivity contribution < 1.29 is 4.79 Å². The fourth-order valence-electron chi connectivity index (χ4n) is 4.04. The molecule has 0 saturated carbocycles. The molecule has 25 heavy (non-hydrogen) atoms. The maximum Gasteiger partial charge on any atom is 0.228 e. The zero-order valence-electron chi connectivity index (χ0n) is 14.3. The van der Waals surface area contributed by atoms with Gasteiger partial charge in [-0.05, 0) is 23.3 Å². The Kier molecular flexibility index (Phi) is 3.89. The Hall–Kier alpha value is -2.87. The Balaban J connectivity index is 1.90. The Morgan fingerprint density at radius 3 is 1.92 bits per heavy atom. The van der Waals surface area contributed by atoms with E-state index in [4.69, 9.17) is 0 Å². The van der Waals surface area contributed by atoms with Crippen LogP contribution >= 0.6 is 0 Å². The largest absolute Gasteiger partial charge is 0.304 e. The van der Waals surface area contributed by atoms with Crippen molar-refractivity contribution in [1.29, 1.82) is 0 Å². The summed E-state index contributed by atoms with van der Waals surface area (Å²) < 4.78 is 0. The quantitative estimate of drug-likeness (QED) is 0.653. The van der Waals surface area contributed by atoms with Crippen molar-refractivity contribution in [2.75, 3.05) is 4.90 Å². The summed E-state index contributed by atoms with van der Waals surface area (Å²) in [6.45, 7) is 2.21. The number of nitrogens with zero attached hydrogens (tertiary/aromatic N) is 1. The Bertz CT molecular complexity index is 860. The van der Waals surface area contributed by atoms with Crippen molar-refractivity contribution in [3.05, 3.63) is 102 Å². The van der Waals surface area contributed by atoms with Gasteiger partial charge in [0.25, 0.3) is 0 Å². The average molecular weight is 327 g/mol. The van der Waals surface area contributed by atoms with Crippen molar-refractivity contribution in [2.45, 2.75) is 24.8 Å². The summed E-state index contributed by atoms with van der Waals surface area (Å²) in [4.78, 5) is 15.0. The van der Waals surface area contributed by atoms with Crippen LogP contribution in [-0.4, -0.2) is 5.91 Å². The summed E-state index contributed by atoms with van der Waals surface area (Å²) in [6, 6.07) is 30.7. The highest BCUT2D eigenvalue weighted by Crippen LogP contribution is 2.50. The molecule has 4 rings (SSSR count). The minimum absolute atomic E-state index is 0.0222. The van der Waals surface area contributed by atoms with E-state index in [9.17, 15) is 4.79 Å². The second-order valence-electron chi connectivity index (χ2n) is 6.87. The summed E-state index contributed by atoms with van der Waals surface area (Å²) in [5, 5.41) is 0. The Morgan fingerprint density at radius 1 is 0.800 bits per heavy atom. The van der Waals surface area contributed by atoms with Crippen LogP contribution in [0.2, 0.25) is 0 Å². The summed E-state index contributed by atoms with van der Waals surface area (Å²) >= 11 is 0. The molecule has 3 aromatic carbocycles. The van der Waals surface area contributed by atoms with Crippen molar-refractivity contribution in [3.8, 4) is 0 Å². The Morgan fingerprint density at radius 2 is 1.32 bits per heavy atom. The van der Waals surface area contributed by atoms with E-state index in [2.05, 4.69) is 43.3 Å². The Labute approximate surface area is 148 Å². The van der Waals surface area contributed by atoms with Gasteiger partial charge in [-0.3, -0.25) is 4.79 Å². The first-order valence-corrected chi connectivity index (χ1v) is 8.68. The van der Waals surface area contributed by atoms with E-state index in [1.807, 2.05) is 59.5 Å². The fourth-order valence-corrected chi connectivity index (χ4v) is 4.04. The molecule has 1 amide bonds. The molecule has 3 aromatic rings. The first-order valence-electron chi connectivity index (χ1n) is 8.68. The van der Waals surface area contributed by atoms with Crippen LogP contribution in [0.3, 0.4) is 0 Å². The molecule has 2 heteroatoms. The number of amides is 1. The van der Waals surface area contributed by atoms with Crippen LogP contribution in [-0.2, 0) is 10.2 Å². The van der Waals surface area contributed by atoms with Crippen molar-refractivity contribution >= 4 is 11.6 Å². The molecule has 0 bridgehead atoms. The normalized spacial score (nSPS) is 23.0. The number of carbonyl (C=O) groups is 1. The molecular weight excluding hydrogens is 306 g/mol. The molecule has 2 atom stereocenters. The topological polar surface area (TPSA) is 20.3 Å². The number of hydrogen-bond acceptors (Lipinski definition) is 1. The number of carbonyl (C=O) groups excluding carboxylic acids is 1. The summed E-state index contributed by atoms with van der Waals surface area (Å²) in [5.74, 6) is 0.173. The third-order valence-electron chi connectivity index (χ3n) is 5.23. The predicted molar refractivity (Wildman–Crippen MR) is 102 cm³/mol. The van der Waals surface area contributed by atoms with Gasteiger partial charge in [0.05, 0.1) is 6.04 Å². The third-order valence-corrected chi connectivity index (χ3v) is 5.23. The standard InChI is InChI=1S/C23H21NO/c1-23(19-13-7-3-8-14-19)17-21(25)24(20-15-9-4-10-16-20)22(23)18-11-5-2-6-12-18/h2-16,22H,17H2,1H3. The molecule has 0 spiro atoms. The van der Waals surface area contributed by atoms with Crippen molar-refractivity contribution in [3.63, 3.8) is 0 Å². The molecule has 0 N–H and O–H groups in total. The second-order valence-corrected chi connectivity index (χ2v) is 6.87. The maximum atomic E-state index is 13.1. The van der Waals surface area contributed by atoms with Crippen LogP contribution in [0.4, 0.5) is 5.69 Å². The molecule has 1 fully saturated rings. The van der Waals surface area contributed by atoms with Crippen LogP contribution < -0.4 is 4.90 Å². The van der Waals surface area contributed by atoms with E-state index in [1.165, 1.54) is 11.1 Å². The molecule has 2 nitrogen and oxygen atoms in total. The minimum atomic E-state index is -0.268. The molecular formula is C23H21NO. The maximum absolute atomic E-state index is 13.1. The van der Waals surface area contributed by atoms with Crippen LogP contribution in [0, 0.1) is 0 Å². The van der Waals surface area contributed by atoms with Crippen LogP contribution in [0.15, 0.2) is 91.0 Å². The van der Waals surface area contributed by atoms with Crippen LogP contribution in [0.25, 0.3) is 0 Å². The SMILES string of the molecule is CC1(c2ccccc2)CC(=O)N(c2ccccc2)C1c1ccccc1. The molecule has 0 aliphatic carbocycles. The lowest BCUT2D eigenvalue weighted by atomic mass is 9.73. The van der Waals surface area contributed by atoms with Crippen LogP contribution in [0.1, 0.15) is 30.5 Å². The minimum Gasteiger partial charge on any atom is -0.304 e. The van der Waals surface area contributed by atoms with Gasteiger partial charge >= 0.3 is 0 Å². The van der Waals surface area contributed by atoms with E-state index >= 15 is 0 Å². The van der Waals surface area contributed by atoms with Crippen LogP contribution in [0.5, 0.6) is 0 Å². The van der Waals surface area contributed by atoms with Gasteiger partial charge in [-0.1, -0.05) is 85.8 Å². The number of anilines is 1. The lowest BCUT2D eigenvalue weighted by molar-refractivity contribution is -0.117. The van der Waals surface area contributed by atoms with Gasteiger partial charge in [-0.2, -0.15) is 0 Å². The van der Waals surface area contributed by atoms with E-state index < -0.39 is 0 Å². The molecule has 1 saturated heterocycles. The van der Waals surface area contributed by atoms with Gasteiger partial charge in [-0.25, -0.2) is 0 Å². The zero-order chi connectivity index (χ0) is 17.3. The second kappa shape index (κ2) is 6.21. The van der Waals surface area contributed by atoms with Gasteiger partial charge in [0.15, 0.2) is 0 Å². The predicted octanol–water partition coefficient (Wildman–Crippen LogP) is 5.12. The average Bonchev–Trinajstić information content (AvgIpc) is 2.95. The molecule has 124 valence electrons. The number of rotatable bonds is 3. The highest BCUT2D eigenvalue weighted by Gasteiger charge is 2.50. The zero-order valence-corrected chi connectivity index (χ0v) is 14.3. The lowest BCUT2D eigenvalue weighted by Gasteiger charge is -2.36. The van der Waals surface area contributed by atoms with Gasteiger partial charge < -0.3 is 4.90 Å². The van der Waals surface area contributed by atoms with E-state index in [-0.39, 0.29) is 17.4 Å². The molecule has 2 unspecified atom stereocenters. The molecule has 1 heterocycles. The van der Waals surface area contributed by atoms with E-state index in [0.29, 0.717) is 6.42 Å². The van der Waals surface area contributed by atoms with E-state index in [0.717, 1.165) is 5.69 Å². The molecule has 0 aromatic heterocycles. The first-order chi connectivity index (χ1) is 12.2. The fraction of sp³-hybridized carbons (Fsp3) is 0.174. The molecule has 0 radical (unpaired) electrons. The number of para-hydroxylation sites is 1. The lowest BCUT2D eigenvalue weighted by Crippen LogP contribution is -2.34. The van der Waals surface area contributed by atoms with E-state index in [1.54, 1.807) is 0 Å². The van der Waals surface area contributed by atoms with Gasteiger partial charge in [-0.15, -0.1) is 0 Å². The highest BCUT2D eigenvalue weighted by atomic mass is 16.2. The number of benzene rings is 3. The highest BCUT2D eigenvalue weighted by molar-refractivity contribution is 5.98. The monoisotopic (exact) mass is 327 g/mol. The summed E-state index contributed by atoms with van der Waals surface area (Å²) in [5.41, 5.74) is 3.07. The molecule has 1 aliphatic heterocycles. The smallest absolute Gasteiger partial charge is 0.228 e. The van der Waals surface area contributed by atoms with Gasteiger partial charge in [0.2, 0.25) is 5.91 Å². The first kappa shape index (κ1) is 15.6. The third kappa shape index (κ3) is 2.64. The van der Waals surface area contributed by atoms with Gasteiger partial charge in [0, 0.05) is 17.5 Å². The molecule has 1 aliphatic rings. The summed E-state index contributed by atoms with van der Waals surface area (Å²) in [7, 11) is 0. The van der Waals surface area contributed by atoms with Gasteiger partial charge in [0.1, 0.15) is 0 Å². The summed E-state index contributed by atoms with van der Waals surface area (Å²) in [6.07, 6.45) is 0.505.